The number of benzene rings is 1. The molecule has 2 unspecified atom stereocenters. The molecule has 1 N–H and O–H groups in total. The Hall–Kier alpha value is -1.85. The topological polar surface area (TPSA) is 41.6 Å². The van der Waals surface area contributed by atoms with E-state index in [0.29, 0.717) is 5.69 Å². The third-order valence-corrected chi connectivity index (χ3v) is 4.63. The number of anilines is 1. The average molecular weight is 338 g/mol. The molecule has 0 aliphatic carbocycles. The molecule has 1 amide bonds. The summed E-state index contributed by atoms with van der Waals surface area (Å²) in [5, 5.41) is 3.27. The van der Waals surface area contributed by atoms with Crippen molar-refractivity contribution in [2.24, 2.45) is 0 Å². The third kappa shape index (κ3) is 3.62. The maximum absolute atomic E-state index is 13.3. The number of hydrogen-bond acceptors (Lipinski definition) is 3. The molecule has 2 saturated heterocycles. The maximum atomic E-state index is 13.3. The van der Waals surface area contributed by atoms with E-state index in [1.807, 2.05) is 25.7 Å². The van der Waals surface area contributed by atoms with E-state index in [2.05, 4.69) is 5.32 Å². The van der Waals surface area contributed by atoms with Crippen LogP contribution in [0.25, 0.3) is 0 Å². The number of nitrogens with zero attached hydrogens (tertiary/aromatic N) is 1. The predicted octanol–water partition coefficient (Wildman–Crippen LogP) is 4.31. The van der Waals surface area contributed by atoms with E-state index in [-0.39, 0.29) is 24.2 Å². The summed E-state index contributed by atoms with van der Waals surface area (Å²) in [6.07, 6.45) is 3.24. The fraction of sp³-hybridized carbons (Fsp3) is 0.611. The van der Waals surface area contributed by atoms with Gasteiger partial charge in [0, 0.05) is 29.9 Å². The van der Waals surface area contributed by atoms with Crippen molar-refractivity contribution in [3.63, 3.8) is 0 Å². The lowest BCUT2D eigenvalue weighted by molar-refractivity contribution is 0.00684. The molecule has 6 heteroatoms. The van der Waals surface area contributed by atoms with Crippen LogP contribution in [0.2, 0.25) is 0 Å². The fourth-order valence-electron chi connectivity index (χ4n) is 3.73. The molecule has 0 spiro atoms. The van der Waals surface area contributed by atoms with Gasteiger partial charge < -0.3 is 15.0 Å². The van der Waals surface area contributed by atoms with Gasteiger partial charge in [0.1, 0.15) is 5.60 Å². The van der Waals surface area contributed by atoms with Gasteiger partial charge in [-0.05, 0) is 58.6 Å². The van der Waals surface area contributed by atoms with Gasteiger partial charge in [0.2, 0.25) is 0 Å². The van der Waals surface area contributed by atoms with Crippen LogP contribution in [0.4, 0.5) is 19.3 Å². The number of nitrogens with one attached hydrogen (secondary N) is 1. The van der Waals surface area contributed by atoms with Crippen LogP contribution >= 0.6 is 0 Å². The molecule has 24 heavy (non-hydrogen) atoms. The van der Waals surface area contributed by atoms with Gasteiger partial charge in [-0.2, -0.15) is 0 Å². The quantitative estimate of drug-likeness (QED) is 0.874. The highest BCUT2D eigenvalue weighted by molar-refractivity contribution is 5.69. The summed E-state index contributed by atoms with van der Waals surface area (Å²) in [6.45, 7) is 5.60. The van der Waals surface area contributed by atoms with E-state index in [9.17, 15) is 13.6 Å². The van der Waals surface area contributed by atoms with E-state index in [1.165, 1.54) is 6.07 Å². The highest BCUT2D eigenvalue weighted by atomic mass is 19.2. The van der Waals surface area contributed by atoms with Crippen molar-refractivity contribution in [3.05, 3.63) is 29.8 Å². The number of amides is 1. The van der Waals surface area contributed by atoms with Crippen molar-refractivity contribution in [1.29, 1.82) is 0 Å². The Morgan fingerprint density at radius 2 is 1.79 bits per heavy atom. The molecule has 2 fully saturated rings. The molecule has 1 aromatic rings. The molecule has 4 nitrogen and oxygen atoms in total. The molecular formula is C18H24F2N2O2. The zero-order valence-electron chi connectivity index (χ0n) is 14.3. The molecule has 0 saturated carbocycles. The van der Waals surface area contributed by atoms with Gasteiger partial charge in [0.15, 0.2) is 11.6 Å². The SMILES string of the molecule is CC(C)(C)OC(=O)N1C2CCC1CC(Nc1ccc(F)c(F)c1)C2. The van der Waals surface area contributed by atoms with Crippen molar-refractivity contribution in [1.82, 2.24) is 4.90 Å². The van der Waals surface area contributed by atoms with Crippen LogP contribution < -0.4 is 5.32 Å². The average Bonchev–Trinajstić information content (AvgIpc) is 2.73. The Balaban J connectivity index is 1.64. The number of rotatable bonds is 2. The van der Waals surface area contributed by atoms with Crippen LogP contribution in [0.5, 0.6) is 0 Å². The second-order valence-electron chi connectivity index (χ2n) is 7.71. The first-order chi connectivity index (χ1) is 11.2. The number of ether oxygens (including phenoxy) is 1. The normalized spacial score (nSPS) is 26.4. The first-order valence-electron chi connectivity index (χ1n) is 8.46. The molecule has 132 valence electrons. The van der Waals surface area contributed by atoms with Crippen LogP contribution in [0.3, 0.4) is 0 Å². The molecule has 2 heterocycles. The molecule has 2 bridgehead atoms. The van der Waals surface area contributed by atoms with Gasteiger partial charge in [0.25, 0.3) is 0 Å². The Labute approximate surface area is 141 Å². The highest BCUT2D eigenvalue weighted by Gasteiger charge is 2.44. The van der Waals surface area contributed by atoms with Crippen LogP contribution in [0.15, 0.2) is 18.2 Å². The summed E-state index contributed by atoms with van der Waals surface area (Å²) >= 11 is 0. The summed E-state index contributed by atoms with van der Waals surface area (Å²) in [5.74, 6) is -1.70. The van der Waals surface area contributed by atoms with Gasteiger partial charge in [-0.1, -0.05) is 0 Å². The molecule has 0 aromatic heterocycles. The van der Waals surface area contributed by atoms with Crippen molar-refractivity contribution in [2.75, 3.05) is 5.32 Å². The lowest BCUT2D eigenvalue weighted by atomic mass is 9.97. The summed E-state index contributed by atoms with van der Waals surface area (Å²) in [4.78, 5) is 14.3. The second kappa shape index (κ2) is 6.22. The third-order valence-electron chi connectivity index (χ3n) is 4.63. The van der Waals surface area contributed by atoms with Crippen LogP contribution in [-0.2, 0) is 4.74 Å². The molecule has 1 aromatic carbocycles. The molecule has 3 rings (SSSR count). The Morgan fingerprint density at radius 3 is 2.33 bits per heavy atom. The number of halogens is 2. The van der Waals surface area contributed by atoms with Crippen molar-refractivity contribution < 1.29 is 18.3 Å². The van der Waals surface area contributed by atoms with Gasteiger partial charge >= 0.3 is 6.09 Å². The molecule has 2 aliphatic heterocycles. The molecule has 2 aliphatic rings. The van der Waals surface area contributed by atoms with Crippen molar-refractivity contribution in [2.45, 2.75) is 70.2 Å². The summed E-state index contributed by atoms with van der Waals surface area (Å²) in [7, 11) is 0. The fourth-order valence-corrected chi connectivity index (χ4v) is 3.73. The molecule has 2 atom stereocenters. The van der Waals surface area contributed by atoms with Gasteiger partial charge in [-0.3, -0.25) is 0 Å². The lowest BCUT2D eigenvalue weighted by Crippen LogP contribution is -2.51. The number of hydrogen-bond donors (Lipinski definition) is 1. The number of carbonyl (C=O) groups excluding carboxylic acids is 1. The summed E-state index contributed by atoms with van der Waals surface area (Å²) in [6, 6.07) is 4.27. The smallest absolute Gasteiger partial charge is 0.410 e. The van der Waals surface area contributed by atoms with E-state index in [0.717, 1.165) is 31.7 Å². The number of piperidine rings is 1. The Morgan fingerprint density at radius 1 is 1.17 bits per heavy atom. The number of fused-ring (bicyclic) bond motifs is 2. The first kappa shape index (κ1) is 17.0. The van der Waals surface area contributed by atoms with Gasteiger partial charge in [0.05, 0.1) is 0 Å². The second-order valence-corrected chi connectivity index (χ2v) is 7.71. The highest BCUT2D eigenvalue weighted by Crippen LogP contribution is 2.37. The van der Waals surface area contributed by atoms with Gasteiger partial charge in [-0.15, -0.1) is 0 Å². The van der Waals surface area contributed by atoms with Crippen molar-refractivity contribution >= 4 is 11.8 Å². The summed E-state index contributed by atoms with van der Waals surface area (Å²) in [5.41, 5.74) is 0.0704. The largest absolute Gasteiger partial charge is 0.444 e. The van der Waals surface area contributed by atoms with Crippen LogP contribution in [0, 0.1) is 11.6 Å². The molecule has 0 radical (unpaired) electrons. The van der Waals surface area contributed by atoms with Crippen LogP contribution in [0.1, 0.15) is 46.5 Å². The van der Waals surface area contributed by atoms with E-state index in [4.69, 9.17) is 4.74 Å². The molecular weight excluding hydrogens is 314 g/mol. The minimum Gasteiger partial charge on any atom is -0.444 e. The van der Waals surface area contributed by atoms with E-state index >= 15 is 0 Å². The zero-order chi connectivity index (χ0) is 17.5. The Kier molecular flexibility index (Phi) is 4.40. The minimum atomic E-state index is -0.853. The maximum Gasteiger partial charge on any atom is 0.410 e. The predicted molar refractivity (Wildman–Crippen MR) is 87.9 cm³/mol. The lowest BCUT2D eigenvalue weighted by Gasteiger charge is -2.40. The van der Waals surface area contributed by atoms with Crippen molar-refractivity contribution in [3.8, 4) is 0 Å². The monoisotopic (exact) mass is 338 g/mol. The summed E-state index contributed by atoms with van der Waals surface area (Å²) < 4.78 is 31.9. The Bertz CT molecular complexity index is 616. The number of carbonyl (C=O) groups is 1. The van der Waals surface area contributed by atoms with Gasteiger partial charge in [-0.25, -0.2) is 13.6 Å². The van der Waals surface area contributed by atoms with Crippen LogP contribution in [-0.4, -0.2) is 34.7 Å². The first-order valence-corrected chi connectivity index (χ1v) is 8.46. The minimum absolute atomic E-state index is 0.140. The van der Waals surface area contributed by atoms with E-state index in [1.54, 1.807) is 6.07 Å². The standard InChI is InChI=1S/C18H24F2N2O2/c1-18(2,3)24-17(23)22-13-5-6-14(22)9-12(8-13)21-11-4-7-15(19)16(20)10-11/h4,7,10,12-14,21H,5-6,8-9H2,1-3H3. The van der Waals surface area contributed by atoms with E-state index < -0.39 is 17.2 Å². The zero-order valence-corrected chi connectivity index (χ0v) is 14.3.